The molecule has 0 aliphatic heterocycles. The molecule has 0 saturated carbocycles. The van der Waals surface area contributed by atoms with Crippen LogP contribution >= 0.6 is 11.6 Å². The van der Waals surface area contributed by atoms with E-state index in [0.717, 1.165) is 12.2 Å². The number of rotatable bonds is 13. The number of hydrogen-bond donors (Lipinski definition) is 2. The van der Waals surface area contributed by atoms with Crippen molar-refractivity contribution in [2.45, 2.75) is 37.3 Å². The van der Waals surface area contributed by atoms with E-state index in [4.69, 9.17) is 30.5 Å². The minimum Gasteiger partial charge on any atom is -0.481 e. The van der Waals surface area contributed by atoms with Gasteiger partial charge in [-0.05, 0) is 60.4 Å². The summed E-state index contributed by atoms with van der Waals surface area (Å²) in [6.07, 6.45) is 0.423. The van der Waals surface area contributed by atoms with E-state index in [1.807, 2.05) is 0 Å². The minimum atomic E-state index is -1.79. The molecule has 2 bridgehead atoms. The van der Waals surface area contributed by atoms with Crippen LogP contribution in [-0.2, 0) is 49.3 Å². The van der Waals surface area contributed by atoms with Crippen molar-refractivity contribution in [2.24, 2.45) is 11.8 Å². The molecular weight excluding hydrogens is 626 g/mol. The number of benzene rings is 3. The molecule has 3 aliphatic carbocycles. The lowest BCUT2D eigenvalue weighted by Crippen LogP contribution is -2.67. The maximum Gasteiger partial charge on any atom is 0.330 e. The van der Waals surface area contributed by atoms with Crippen LogP contribution < -0.4 is 5.32 Å². The maximum absolute atomic E-state index is 14.6. The topological polar surface area (TPSA) is 137 Å². The fourth-order valence-electron chi connectivity index (χ4n) is 6.65. The number of carboxylic acids is 1. The Morgan fingerprint density at radius 1 is 0.787 bits per heavy atom. The summed E-state index contributed by atoms with van der Waals surface area (Å²) in [5.74, 6) is -6.35. The average Bonchev–Trinajstić information content (AvgIpc) is 3.06. The van der Waals surface area contributed by atoms with Crippen LogP contribution in [0.1, 0.15) is 36.1 Å². The number of ether oxygens (including phenoxy) is 4. The molecule has 244 valence electrons. The highest BCUT2D eigenvalue weighted by Crippen LogP contribution is 2.65. The summed E-state index contributed by atoms with van der Waals surface area (Å²) >= 11 is 6.56. The van der Waals surface area contributed by atoms with Gasteiger partial charge in [0.25, 0.3) is 0 Å². The number of carbonyl (C=O) groups excluding carboxylic acids is 3. The molecule has 0 radical (unpaired) electrons. The Labute approximate surface area is 276 Å². The van der Waals surface area contributed by atoms with Gasteiger partial charge in [0.1, 0.15) is 29.3 Å². The summed E-state index contributed by atoms with van der Waals surface area (Å²) in [4.78, 5) is 52.2. The molecule has 6 unspecified atom stereocenters. The number of anilines is 1. The molecule has 11 heteroatoms. The van der Waals surface area contributed by atoms with E-state index < -0.39 is 59.1 Å². The first kappa shape index (κ1) is 33.6. The smallest absolute Gasteiger partial charge is 0.330 e. The van der Waals surface area contributed by atoms with Crippen LogP contribution in [0.5, 0.6) is 0 Å². The molecule has 0 saturated heterocycles. The quantitative estimate of drug-likeness (QED) is 0.183. The van der Waals surface area contributed by atoms with Gasteiger partial charge in [-0.15, -0.1) is 0 Å². The number of nitrogens with one attached hydrogen (secondary N) is 1. The molecule has 47 heavy (non-hydrogen) atoms. The van der Waals surface area contributed by atoms with E-state index in [1.165, 1.54) is 0 Å². The third-order valence-electron chi connectivity index (χ3n) is 8.37. The predicted molar refractivity (Wildman–Crippen MR) is 173 cm³/mol. The van der Waals surface area contributed by atoms with E-state index in [1.54, 1.807) is 86.6 Å². The van der Waals surface area contributed by atoms with E-state index in [-0.39, 0.29) is 13.2 Å². The van der Waals surface area contributed by atoms with Crippen molar-refractivity contribution in [3.8, 4) is 0 Å². The summed E-state index contributed by atoms with van der Waals surface area (Å²) in [6, 6.07) is 20.5. The van der Waals surface area contributed by atoms with E-state index >= 15 is 0 Å². The third-order valence-corrected chi connectivity index (χ3v) is 8.60. The average molecular weight is 660 g/mol. The van der Waals surface area contributed by atoms with E-state index in [9.17, 15) is 24.3 Å². The third kappa shape index (κ3) is 5.95. The van der Waals surface area contributed by atoms with Crippen LogP contribution in [0.4, 0.5) is 5.69 Å². The first-order valence-electron chi connectivity index (χ1n) is 14.9. The number of amides is 1. The van der Waals surface area contributed by atoms with Gasteiger partial charge in [0, 0.05) is 22.9 Å². The van der Waals surface area contributed by atoms with Crippen LogP contribution in [-0.4, -0.2) is 54.3 Å². The Kier molecular flexibility index (Phi) is 9.67. The van der Waals surface area contributed by atoms with Crippen LogP contribution in [0, 0.1) is 11.8 Å². The predicted octanol–water partition coefficient (Wildman–Crippen LogP) is 5.38. The summed E-state index contributed by atoms with van der Waals surface area (Å²) in [7, 11) is 0. The highest BCUT2D eigenvalue weighted by atomic mass is 35.5. The van der Waals surface area contributed by atoms with Crippen molar-refractivity contribution in [1.82, 2.24) is 0 Å². The minimum absolute atomic E-state index is 0.208. The number of hydrogen-bond acceptors (Lipinski definition) is 8. The molecule has 6 rings (SSSR count). The normalized spacial score (nSPS) is 23.3. The largest absolute Gasteiger partial charge is 0.481 e. The Balaban J connectivity index is 1.77. The van der Waals surface area contributed by atoms with Crippen LogP contribution in [0.25, 0.3) is 0 Å². The molecular formula is C36H34ClNO9. The Bertz CT molecular complexity index is 1730. The first-order chi connectivity index (χ1) is 22.5. The van der Waals surface area contributed by atoms with E-state index in [2.05, 4.69) is 18.5 Å². The molecule has 0 fully saturated rings. The van der Waals surface area contributed by atoms with Gasteiger partial charge >= 0.3 is 17.9 Å². The van der Waals surface area contributed by atoms with Crippen molar-refractivity contribution in [3.05, 3.63) is 125 Å². The number of carbonyl (C=O) groups is 4. The molecule has 0 aromatic heterocycles. The number of aliphatic carboxylic acids is 1. The van der Waals surface area contributed by atoms with Gasteiger partial charge in [0.15, 0.2) is 0 Å². The van der Waals surface area contributed by atoms with Crippen molar-refractivity contribution in [2.75, 3.05) is 18.5 Å². The zero-order valence-corrected chi connectivity index (χ0v) is 26.6. The number of halogens is 1. The fraction of sp³-hybridized carbons (Fsp3) is 0.278. The Morgan fingerprint density at radius 3 is 1.79 bits per heavy atom. The summed E-state index contributed by atoms with van der Waals surface area (Å²) < 4.78 is 24.1. The van der Waals surface area contributed by atoms with Crippen molar-refractivity contribution in [3.63, 3.8) is 0 Å². The maximum atomic E-state index is 14.6. The second-order valence-electron chi connectivity index (χ2n) is 11.4. The van der Waals surface area contributed by atoms with E-state index in [0.29, 0.717) is 33.0 Å². The van der Waals surface area contributed by atoms with Crippen LogP contribution in [0.15, 0.2) is 98.1 Å². The molecule has 3 aromatic rings. The van der Waals surface area contributed by atoms with Gasteiger partial charge in [-0.3, -0.25) is 9.59 Å². The number of fused-ring (bicyclic) bond motifs is 1. The van der Waals surface area contributed by atoms with Crippen LogP contribution in [0.3, 0.4) is 0 Å². The second-order valence-corrected chi connectivity index (χ2v) is 11.8. The zero-order chi connectivity index (χ0) is 33.9. The van der Waals surface area contributed by atoms with Crippen LogP contribution in [0.2, 0.25) is 5.02 Å². The molecule has 3 aromatic carbocycles. The second kappa shape index (κ2) is 13.5. The lowest BCUT2D eigenvalue weighted by atomic mass is 9.49. The lowest BCUT2D eigenvalue weighted by molar-refractivity contribution is -0.205. The molecule has 10 nitrogen and oxygen atoms in total. The number of carboxylic acid groups (broad SMARTS) is 1. The molecule has 6 atom stereocenters. The molecule has 0 heterocycles. The van der Waals surface area contributed by atoms with Gasteiger partial charge < -0.3 is 29.4 Å². The first-order valence-corrected chi connectivity index (χ1v) is 15.3. The molecule has 3 aliphatic rings. The van der Waals surface area contributed by atoms with Gasteiger partial charge in [-0.1, -0.05) is 73.3 Å². The highest BCUT2D eigenvalue weighted by molar-refractivity contribution is 6.30. The van der Waals surface area contributed by atoms with Gasteiger partial charge in [0.05, 0.1) is 19.1 Å². The van der Waals surface area contributed by atoms with Gasteiger partial charge in [-0.2, -0.15) is 0 Å². The zero-order valence-electron chi connectivity index (χ0n) is 25.8. The SMILES string of the molecule is C=CC(=O)OC(C)COC12c3ccccc3C(OCC(C)OC(=O)C=C)(c3ccc(Cl)cc31)C(C(=O)Nc1ccccc1)C2C(=O)O. The standard InChI is InChI=1S/C36H34ClNO9/c1-5-29(39)46-21(3)19-44-35-25-14-10-11-15-26(25)36(28-18-23(37)16-17-27(28)35,45-20-22(4)47-30(40)6-2)32(34(42)43)31(35)33(41)38-24-12-8-7-9-13-24/h5-18,21-22,31-32H,1-2,19-20H2,3-4H3,(H,38,41)(H,42,43). The number of esters is 2. The summed E-state index contributed by atoms with van der Waals surface area (Å²) in [5, 5.41) is 14.3. The van der Waals surface area contributed by atoms with Crippen molar-refractivity contribution in [1.29, 1.82) is 0 Å². The molecule has 1 amide bonds. The summed E-state index contributed by atoms with van der Waals surface area (Å²) in [6.45, 7) is 9.64. The Hall–Kier alpha value is -4.77. The fourth-order valence-corrected chi connectivity index (χ4v) is 6.82. The lowest BCUT2D eigenvalue weighted by Gasteiger charge is -2.60. The van der Waals surface area contributed by atoms with Gasteiger partial charge in [0.2, 0.25) is 5.91 Å². The molecule has 0 spiro atoms. The number of para-hydroxylation sites is 1. The van der Waals surface area contributed by atoms with Crippen molar-refractivity contribution >= 4 is 41.1 Å². The molecule has 2 N–H and O–H groups in total. The summed E-state index contributed by atoms with van der Waals surface area (Å²) in [5.41, 5.74) is -1.32. The Morgan fingerprint density at radius 2 is 1.28 bits per heavy atom. The highest BCUT2D eigenvalue weighted by Gasteiger charge is 2.71. The van der Waals surface area contributed by atoms with Gasteiger partial charge in [-0.25, -0.2) is 9.59 Å². The van der Waals surface area contributed by atoms with Crippen molar-refractivity contribution < 1.29 is 43.2 Å². The monoisotopic (exact) mass is 659 g/mol.